The first-order valence-corrected chi connectivity index (χ1v) is 8.51. The lowest BCUT2D eigenvalue weighted by Gasteiger charge is -2.19. The zero-order chi connectivity index (χ0) is 16.7. The lowest BCUT2D eigenvalue weighted by atomic mass is 9.96. The number of methoxy groups -OCH3 is 1. The van der Waals surface area contributed by atoms with Crippen molar-refractivity contribution in [3.05, 3.63) is 60.2 Å². The highest BCUT2D eigenvalue weighted by Crippen LogP contribution is 2.39. The quantitative estimate of drug-likeness (QED) is 0.752. The minimum atomic E-state index is -0.809. The first-order valence-electron chi connectivity index (χ1n) is 7.22. The molecule has 1 atom stereocenters. The molecule has 0 amide bonds. The van der Waals surface area contributed by atoms with E-state index in [9.17, 15) is 4.79 Å². The molecule has 0 spiro atoms. The van der Waals surface area contributed by atoms with Gasteiger partial charge in [-0.1, -0.05) is 66.4 Å². The van der Waals surface area contributed by atoms with E-state index < -0.39 is 5.97 Å². The lowest BCUT2D eigenvalue weighted by Crippen LogP contribution is -2.05. The highest BCUT2D eigenvalue weighted by molar-refractivity contribution is 8.22. The van der Waals surface area contributed by atoms with Crippen LogP contribution in [0.25, 0.3) is 11.1 Å². The molecule has 1 N–H and O–H groups in total. The third kappa shape index (κ3) is 5.08. The lowest BCUT2D eigenvalue weighted by molar-refractivity contribution is -0.137. The summed E-state index contributed by atoms with van der Waals surface area (Å²) in [5, 5.41) is 8.95. The van der Waals surface area contributed by atoms with Gasteiger partial charge in [0.2, 0.25) is 4.38 Å². The van der Waals surface area contributed by atoms with Crippen LogP contribution in [0.3, 0.4) is 0 Å². The molecule has 0 saturated carbocycles. The number of benzene rings is 2. The number of aliphatic carboxylic acids is 1. The Morgan fingerprint density at radius 1 is 1.17 bits per heavy atom. The minimum absolute atomic E-state index is 0.0602. The first kappa shape index (κ1) is 17.5. The summed E-state index contributed by atoms with van der Waals surface area (Å²) in [6.45, 7) is 0. The molecule has 0 aliphatic heterocycles. The Morgan fingerprint density at radius 3 is 2.48 bits per heavy atom. The first-order chi connectivity index (χ1) is 11.1. The second kappa shape index (κ2) is 8.70. The van der Waals surface area contributed by atoms with Crippen molar-refractivity contribution in [1.82, 2.24) is 0 Å². The number of hydrogen-bond acceptors (Lipinski definition) is 4. The van der Waals surface area contributed by atoms with Gasteiger partial charge in [-0.3, -0.25) is 4.79 Å². The molecule has 0 aromatic heterocycles. The Labute approximate surface area is 145 Å². The molecule has 2 aromatic carbocycles. The standard InChI is InChI=1S/C18H18O3S2/c1-21-18(22)23-16(11-12-17(19)20)15-10-6-5-9-14(15)13-7-3-2-4-8-13/h2-10,16H,11-12H2,1H3,(H,19,20). The number of carbonyl (C=O) groups is 1. The number of thiocarbonyl (C=S) groups is 1. The Hall–Kier alpha value is -1.85. The maximum absolute atomic E-state index is 11.0. The second-order valence-electron chi connectivity index (χ2n) is 4.95. The fraction of sp³-hybridized carbons (Fsp3) is 0.222. The molecule has 0 aliphatic carbocycles. The fourth-order valence-electron chi connectivity index (χ4n) is 2.36. The van der Waals surface area contributed by atoms with E-state index in [2.05, 4.69) is 6.07 Å². The van der Waals surface area contributed by atoms with Gasteiger partial charge in [-0.15, -0.1) is 0 Å². The van der Waals surface area contributed by atoms with Gasteiger partial charge in [-0.25, -0.2) is 0 Å². The van der Waals surface area contributed by atoms with Gasteiger partial charge in [-0.05, 0) is 35.3 Å². The van der Waals surface area contributed by atoms with Gasteiger partial charge in [-0.2, -0.15) is 0 Å². The molecule has 23 heavy (non-hydrogen) atoms. The van der Waals surface area contributed by atoms with Crippen molar-refractivity contribution in [3.8, 4) is 11.1 Å². The summed E-state index contributed by atoms with van der Waals surface area (Å²) in [7, 11) is 1.53. The number of carboxylic acids is 1. The normalized spacial score (nSPS) is 11.7. The molecule has 0 radical (unpaired) electrons. The van der Waals surface area contributed by atoms with Crippen LogP contribution in [0.2, 0.25) is 0 Å². The van der Waals surface area contributed by atoms with Crippen LogP contribution >= 0.6 is 24.0 Å². The molecule has 0 aliphatic rings. The van der Waals surface area contributed by atoms with Crippen LogP contribution in [0.1, 0.15) is 23.7 Å². The summed E-state index contributed by atoms with van der Waals surface area (Å²) in [4.78, 5) is 11.0. The monoisotopic (exact) mass is 346 g/mol. The minimum Gasteiger partial charge on any atom is -0.482 e. The molecular weight excluding hydrogens is 328 g/mol. The Balaban J connectivity index is 2.37. The van der Waals surface area contributed by atoms with E-state index >= 15 is 0 Å². The maximum Gasteiger partial charge on any atom is 0.303 e. The molecule has 5 heteroatoms. The highest BCUT2D eigenvalue weighted by Gasteiger charge is 2.20. The highest BCUT2D eigenvalue weighted by atomic mass is 32.2. The maximum atomic E-state index is 11.0. The SMILES string of the molecule is COC(=S)SC(CCC(=O)O)c1ccccc1-c1ccccc1. The number of rotatable bonds is 6. The summed E-state index contributed by atoms with van der Waals surface area (Å²) in [5.41, 5.74) is 3.27. The van der Waals surface area contributed by atoms with Crippen molar-refractivity contribution in [2.24, 2.45) is 0 Å². The predicted molar refractivity (Wildman–Crippen MR) is 98.7 cm³/mol. The van der Waals surface area contributed by atoms with Gasteiger partial charge < -0.3 is 9.84 Å². The zero-order valence-corrected chi connectivity index (χ0v) is 14.4. The van der Waals surface area contributed by atoms with Crippen LogP contribution in [0.15, 0.2) is 54.6 Å². The van der Waals surface area contributed by atoms with Gasteiger partial charge in [0, 0.05) is 11.7 Å². The van der Waals surface area contributed by atoms with Gasteiger partial charge in [0.15, 0.2) is 0 Å². The summed E-state index contributed by atoms with van der Waals surface area (Å²) in [5.74, 6) is -0.809. The number of hydrogen-bond donors (Lipinski definition) is 1. The second-order valence-corrected chi connectivity index (χ2v) is 6.75. The van der Waals surface area contributed by atoms with Crippen molar-refractivity contribution in [1.29, 1.82) is 0 Å². The van der Waals surface area contributed by atoms with Crippen LogP contribution in [0.5, 0.6) is 0 Å². The summed E-state index contributed by atoms with van der Waals surface area (Å²) >= 11 is 6.56. The zero-order valence-electron chi connectivity index (χ0n) is 12.8. The third-order valence-corrected chi connectivity index (χ3v) is 5.01. The van der Waals surface area contributed by atoms with E-state index in [1.54, 1.807) is 0 Å². The molecule has 1 unspecified atom stereocenters. The van der Waals surface area contributed by atoms with Crippen molar-refractivity contribution in [2.45, 2.75) is 18.1 Å². The van der Waals surface area contributed by atoms with E-state index in [-0.39, 0.29) is 11.7 Å². The molecule has 120 valence electrons. The van der Waals surface area contributed by atoms with E-state index in [0.29, 0.717) is 10.8 Å². The van der Waals surface area contributed by atoms with Gasteiger partial charge in [0.25, 0.3) is 0 Å². The van der Waals surface area contributed by atoms with E-state index in [1.165, 1.54) is 18.9 Å². The topological polar surface area (TPSA) is 46.5 Å². The summed E-state index contributed by atoms with van der Waals surface area (Å²) < 4.78 is 5.52. The molecule has 2 rings (SSSR count). The van der Waals surface area contributed by atoms with Crippen LogP contribution < -0.4 is 0 Å². The third-order valence-electron chi connectivity index (χ3n) is 3.42. The average molecular weight is 346 g/mol. The largest absolute Gasteiger partial charge is 0.482 e. The summed E-state index contributed by atoms with van der Waals surface area (Å²) in [6.07, 6.45) is 0.584. The van der Waals surface area contributed by atoms with Crippen LogP contribution in [-0.4, -0.2) is 22.6 Å². The van der Waals surface area contributed by atoms with Gasteiger partial charge in [0.05, 0.1) is 7.11 Å². The molecule has 0 fully saturated rings. The summed E-state index contributed by atoms with van der Waals surface area (Å²) in [6, 6.07) is 18.1. The fourth-order valence-corrected chi connectivity index (χ4v) is 3.60. The molecule has 2 aromatic rings. The predicted octanol–water partition coefficient (Wildman–Crippen LogP) is 4.92. The Morgan fingerprint density at radius 2 is 1.83 bits per heavy atom. The molecule has 0 bridgehead atoms. The molecular formula is C18H18O3S2. The van der Waals surface area contributed by atoms with Gasteiger partial charge >= 0.3 is 5.97 Å². The Bertz CT molecular complexity index is 671. The van der Waals surface area contributed by atoms with Crippen LogP contribution in [0, 0.1) is 0 Å². The number of thioether (sulfide) groups is 1. The smallest absolute Gasteiger partial charge is 0.303 e. The van der Waals surface area contributed by atoms with E-state index in [4.69, 9.17) is 22.1 Å². The van der Waals surface area contributed by atoms with E-state index in [0.717, 1.165) is 16.7 Å². The number of ether oxygens (including phenoxy) is 1. The molecule has 0 saturated heterocycles. The number of carboxylic acid groups (broad SMARTS) is 1. The van der Waals surface area contributed by atoms with Crippen LogP contribution in [-0.2, 0) is 9.53 Å². The average Bonchev–Trinajstić information content (AvgIpc) is 2.59. The van der Waals surface area contributed by atoms with E-state index in [1.807, 2.05) is 48.5 Å². The molecule has 0 heterocycles. The van der Waals surface area contributed by atoms with Crippen molar-refractivity contribution in [3.63, 3.8) is 0 Å². The van der Waals surface area contributed by atoms with Crippen LogP contribution in [0.4, 0.5) is 0 Å². The molecule has 3 nitrogen and oxygen atoms in total. The van der Waals surface area contributed by atoms with Crippen molar-refractivity contribution in [2.75, 3.05) is 7.11 Å². The Kier molecular flexibility index (Phi) is 6.62. The van der Waals surface area contributed by atoms with Crippen molar-refractivity contribution >= 4 is 34.3 Å². The van der Waals surface area contributed by atoms with Gasteiger partial charge in [0.1, 0.15) is 0 Å². The van der Waals surface area contributed by atoms with Crippen molar-refractivity contribution < 1.29 is 14.6 Å².